The first kappa shape index (κ1) is 10.4. The molecule has 0 saturated heterocycles. The lowest BCUT2D eigenvalue weighted by Crippen LogP contribution is -1.79. The molecule has 0 N–H and O–H groups in total. The SMILES string of the molecule is BrCc1csc2ccc(Br)c(I)c12. The van der Waals surface area contributed by atoms with Crippen LogP contribution in [0.15, 0.2) is 22.0 Å². The van der Waals surface area contributed by atoms with E-state index >= 15 is 0 Å². The molecule has 0 nitrogen and oxygen atoms in total. The molecule has 0 aliphatic heterocycles. The maximum Gasteiger partial charge on any atom is 0.0362 e. The lowest BCUT2D eigenvalue weighted by atomic mass is 10.2. The van der Waals surface area contributed by atoms with Crippen LogP contribution in [0.2, 0.25) is 0 Å². The Morgan fingerprint density at radius 2 is 2.15 bits per heavy atom. The van der Waals surface area contributed by atoms with Gasteiger partial charge in [0, 0.05) is 23.5 Å². The maximum absolute atomic E-state index is 3.55. The molecular formula is C9H5Br2IS. The van der Waals surface area contributed by atoms with Gasteiger partial charge in [0.2, 0.25) is 0 Å². The normalized spacial score (nSPS) is 11.0. The van der Waals surface area contributed by atoms with Gasteiger partial charge in [0.1, 0.15) is 0 Å². The van der Waals surface area contributed by atoms with Gasteiger partial charge in [0.15, 0.2) is 0 Å². The first-order valence-electron chi connectivity index (χ1n) is 3.64. The summed E-state index contributed by atoms with van der Waals surface area (Å²) in [5.41, 5.74) is 1.38. The Labute approximate surface area is 111 Å². The van der Waals surface area contributed by atoms with Crippen LogP contribution in [-0.4, -0.2) is 0 Å². The Balaban J connectivity index is 2.85. The van der Waals surface area contributed by atoms with Crippen LogP contribution in [0.1, 0.15) is 5.56 Å². The van der Waals surface area contributed by atoms with Crippen LogP contribution in [0, 0.1) is 3.57 Å². The first-order chi connectivity index (χ1) is 6.24. The smallest absolute Gasteiger partial charge is 0.0362 e. The number of hydrogen-bond donors (Lipinski definition) is 0. The lowest BCUT2D eigenvalue weighted by molar-refractivity contribution is 1.53. The highest BCUT2D eigenvalue weighted by Crippen LogP contribution is 2.35. The van der Waals surface area contributed by atoms with Crippen LogP contribution in [0.4, 0.5) is 0 Å². The maximum atomic E-state index is 3.55. The van der Waals surface area contributed by atoms with E-state index in [0.29, 0.717) is 0 Å². The second kappa shape index (κ2) is 4.16. The topological polar surface area (TPSA) is 0 Å². The molecule has 1 aromatic heterocycles. The molecule has 0 bridgehead atoms. The minimum Gasteiger partial charge on any atom is -0.143 e. The average molecular weight is 432 g/mol. The van der Waals surface area contributed by atoms with Crippen molar-refractivity contribution in [2.45, 2.75) is 5.33 Å². The zero-order chi connectivity index (χ0) is 9.42. The fourth-order valence-corrected chi connectivity index (χ4v) is 4.18. The third-order valence-corrected chi connectivity index (χ3v) is 5.97. The van der Waals surface area contributed by atoms with Gasteiger partial charge >= 0.3 is 0 Å². The van der Waals surface area contributed by atoms with Gasteiger partial charge in [0.05, 0.1) is 0 Å². The zero-order valence-corrected chi connectivity index (χ0v) is 12.6. The van der Waals surface area contributed by atoms with E-state index in [4.69, 9.17) is 0 Å². The highest BCUT2D eigenvalue weighted by molar-refractivity contribution is 14.1. The van der Waals surface area contributed by atoms with Gasteiger partial charge in [-0.1, -0.05) is 15.9 Å². The van der Waals surface area contributed by atoms with Crippen molar-refractivity contribution >= 4 is 75.9 Å². The number of rotatable bonds is 1. The molecule has 13 heavy (non-hydrogen) atoms. The number of thiophene rings is 1. The van der Waals surface area contributed by atoms with E-state index in [1.807, 2.05) is 0 Å². The molecule has 0 saturated carbocycles. The first-order valence-corrected chi connectivity index (χ1v) is 7.51. The molecule has 0 spiro atoms. The van der Waals surface area contributed by atoms with Crippen molar-refractivity contribution < 1.29 is 0 Å². The van der Waals surface area contributed by atoms with Crippen molar-refractivity contribution in [2.75, 3.05) is 0 Å². The van der Waals surface area contributed by atoms with Crippen LogP contribution in [0.3, 0.4) is 0 Å². The Morgan fingerprint density at radius 3 is 2.85 bits per heavy atom. The fraction of sp³-hybridized carbons (Fsp3) is 0.111. The number of fused-ring (bicyclic) bond motifs is 1. The molecular weight excluding hydrogens is 427 g/mol. The molecule has 4 heteroatoms. The average Bonchev–Trinajstić information content (AvgIpc) is 2.55. The van der Waals surface area contributed by atoms with Gasteiger partial charge in [-0.05, 0) is 61.6 Å². The summed E-state index contributed by atoms with van der Waals surface area (Å²) in [6, 6.07) is 4.27. The van der Waals surface area contributed by atoms with Gasteiger partial charge in [-0.3, -0.25) is 0 Å². The summed E-state index contributed by atoms with van der Waals surface area (Å²) < 4.78 is 3.86. The highest BCUT2D eigenvalue weighted by Gasteiger charge is 2.08. The molecule has 1 heterocycles. The summed E-state index contributed by atoms with van der Waals surface area (Å²) in [5.74, 6) is 0. The molecule has 2 rings (SSSR count). The molecule has 1 aromatic carbocycles. The van der Waals surface area contributed by atoms with Gasteiger partial charge in [-0.2, -0.15) is 0 Å². The van der Waals surface area contributed by atoms with E-state index < -0.39 is 0 Å². The molecule has 2 aromatic rings. The third-order valence-electron chi connectivity index (χ3n) is 1.85. The third kappa shape index (κ3) is 1.82. The van der Waals surface area contributed by atoms with E-state index in [1.54, 1.807) is 11.3 Å². The molecule has 0 aliphatic carbocycles. The van der Waals surface area contributed by atoms with Gasteiger partial charge in [-0.15, -0.1) is 11.3 Å². The van der Waals surface area contributed by atoms with Crippen LogP contribution in [0.25, 0.3) is 10.1 Å². The van der Waals surface area contributed by atoms with Crippen molar-refractivity contribution in [1.29, 1.82) is 0 Å². The van der Waals surface area contributed by atoms with Crippen molar-refractivity contribution in [3.63, 3.8) is 0 Å². The summed E-state index contributed by atoms with van der Waals surface area (Å²) in [6.45, 7) is 0. The Kier molecular flexibility index (Phi) is 3.33. The van der Waals surface area contributed by atoms with Gasteiger partial charge < -0.3 is 0 Å². The second-order valence-corrected chi connectivity index (χ2v) is 6.03. The summed E-state index contributed by atoms with van der Waals surface area (Å²) >= 11 is 11.2. The quantitative estimate of drug-likeness (QED) is 0.432. The minimum atomic E-state index is 0.930. The molecule has 0 unspecified atom stereocenters. The standard InChI is InChI=1S/C9H5Br2IS/c10-3-5-4-13-7-2-1-6(11)9(12)8(5)7/h1-2,4H,3H2. The van der Waals surface area contributed by atoms with Gasteiger partial charge in [0.25, 0.3) is 0 Å². The van der Waals surface area contributed by atoms with E-state index in [2.05, 4.69) is 72.0 Å². The predicted molar refractivity (Wildman–Crippen MR) is 74.9 cm³/mol. The van der Waals surface area contributed by atoms with Crippen LogP contribution in [0.5, 0.6) is 0 Å². The minimum absolute atomic E-state index is 0.930. The predicted octanol–water partition coefficient (Wildman–Crippen LogP) is 5.16. The summed E-state index contributed by atoms with van der Waals surface area (Å²) in [5, 5.41) is 4.53. The summed E-state index contributed by atoms with van der Waals surface area (Å²) in [7, 11) is 0. The Hall–Kier alpha value is 0.870. The van der Waals surface area contributed by atoms with Crippen molar-refractivity contribution in [3.05, 3.63) is 31.1 Å². The molecule has 0 amide bonds. The monoisotopic (exact) mass is 430 g/mol. The fourth-order valence-electron chi connectivity index (χ4n) is 1.22. The second-order valence-electron chi connectivity index (χ2n) is 2.63. The number of halogens is 3. The zero-order valence-electron chi connectivity index (χ0n) is 6.48. The van der Waals surface area contributed by atoms with E-state index in [0.717, 1.165) is 5.33 Å². The molecule has 0 radical (unpaired) electrons. The molecule has 0 aliphatic rings. The molecule has 68 valence electrons. The Morgan fingerprint density at radius 1 is 1.38 bits per heavy atom. The highest BCUT2D eigenvalue weighted by atomic mass is 127. The van der Waals surface area contributed by atoms with E-state index in [1.165, 1.54) is 23.7 Å². The number of alkyl halides is 1. The van der Waals surface area contributed by atoms with Crippen LogP contribution in [-0.2, 0) is 5.33 Å². The van der Waals surface area contributed by atoms with Crippen LogP contribution < -0.4 is 0 Å². The van der Waals surface area contributed by atoms with Crippen molar-refractivity contribution in [1.82, 2.24) is 0 Å². The number of benzene rings is 1. The lowest BCUT2D eigenvalue weighted by Gasteiger charge is -1.99. The largest absolute Gasteiger partial charge is 0.143 e. The number of hydrogen-bond acceptors (Lipinski definition) is 1. The Bertz CT molecular complexity index is 450. The summed E-state index contributed by atoms with van der Waals surface area (Å²) in [6.07, 6.45) is 0. The van der Waals surface area contributed by atoms with E-state index in [9.17, 15) is 0 Å². The van der Waals surface area contributed by atoms with Gasteiger partial charge in [-0.25, -0.2) is 0 Å². The molecule has 0 atom stereocenters. The summed E-state index contributed by atoms with van der Waals surface area (Å²) in [4.78, 5) is 0. The van der Waals surface area contributed by atoms with Crippen molar-refractivity contribution in [3.8, 4) is 0 Å². The van der Waals surface area contributed by atoms with Crippen molar-refractivity contribution in [2.24, 2.45) is 0 Å². The molecule has 0 fully saturated rings. The van der Waals surface area contributed by atoms with Crippen LogP contribution >= 0.6 is 65.8 Å². The van der Waals surface area contributed by atoms with E-state index in [-0.39, 0.29) is 0 Å².